The molecule has 6 heteroatoms. The van der Waals surface area contributed by atoms with Crippen LogP contribution in [0.15, 0.2) is 51.8 Å². The summed E-state index contributed by atoms with van der Waals surface area (Å²) in [6.45, 7) is 3.95. The first kappa shape index (κ1) is 14.7. The molecule has 0 aliphatic rings. The Hall–Kier alpha value is -2.18. The van der Waals surface area contributed by atoms with E-state index in [4.69, 9.17) is 4.42 Å². The maximum atomic E-state index is 12.4. The number of benzene rings is 2. The lowest BCUT2D eigenvalue weighted by Gasteiger charge is -2.07. The highest BCUT2D eigenvalue weighted by atomic mass is 32.2. The van der Waals surface area contributed by atoms with Crippen molar-refractivity contribution in [1.82, 2.24) is 9.71 Å². The highest BCUT2D eigenvalue weighted by Gasteiger charge is 2.15. The molecule has 0 aliphatic carbocycles. The number of hydrogen-bond acceptors (Lipinski definition) is 4. The van der Waals surface area contributed by atoms with Crippen LogP contribution in [-0.4, -0.2) is 13.4 Å². The average molecular weight is 316 g/mol. The number of nitrogens with zero attached hydrogens (tertiary/aromatic N) is 1. The lowest BCUT2D eigenvalue weighted by Crippen LogP contribution is -2.23. The first-order valence-electron chi connectivity index (χ1n) is 6.86. The first-order chi connectivity index (χ1) is 10.4. The van der Waals surface area contributed by atoms with Gasteiger partial charge in [0.05, 0.1) is 4.90 Å². The molecular formula is C16H16N2O3S. The minimum Gasteiger partial charge on any atom is -0.441 e. The van der Waals surface area contributed by atoms with Crippen LogP contribution in [-0.2, 0) is 16.6 Å². The maximum Gasteiger partial charge on any atom is 0.240 e. The number of rotatable bonds is 4. The summed E-state index contributed by atoms with van der Waals surface area (Å²) in [4.78, 5) is 4.34. The zero-order chi connectivity index (χ0) is 15.7. The molecule has 0 amide bonds. The van der Waals surface area contributed by atoms with Gasteiger partial charge >= 0.3 is 0 Å². The minimum atomic E-state index is -3.59. The predicted molar refractivity (Wildman–Crippen MR) is 84.0 cm³/mol. The Morgan fingerprint density at radius 2 is 1.95 bits per heavy atom. The smallest absolute Gasteiger partial charge is 0.240 e. The van der Waals surface area contributed by atoms with E-state index < -0.39 is 10.0 Å². The highest BCUT2D eigenvalue weighted by Crippen LogP contribution is 2.19. The lowest BCUT2D eigenvalue weighted by molar-refractivity contribution is 0.561. The van der Waals surface area contributed by atoms with Crippen LogP contribution in [0.5, 0.6) is 0 Å². The van der Waals surface area contributed by atoms with Gasteiger partial charge in [-0.2, -0.15) is 0 Å². The predicted octanol–water partition coefficient (Wildman–Crippen LogP) is 2.92. The number of hydrogen-bond donors (Lipinski definition) is 1. The molecule has 1 N–H and O–H groups in total. The fourth-order valence-corrected chi connectivity index (χ4v) is 3.31. The summed E-state index contributed by atoms with van der Waals surface area (Å²) in [5, 5.41) is 0. The summed E-state index contributed by atoms with van der Waals surface area (Å²) in [6.07, 6.45) is 0. The van der Waals surface area contributed by atoms with Gasteiger partial charge in [-0.05, 0) is 30.7 Å². The average Bonchev–Trinajstić information content (AvgIpc) is 2.84. The number of fused-ring (bicyclic) bond motifs is 1. The quantitative estimate of drug-likeness (QED) is 0.803. The number of nitrogens with one attached hydrogen (secondary N) is 1. The summed E-state index contributed by atoms with van der Waals surface area (Å²) < 4.78 is 32.7. The van der Waals surface area contributed by atoms with Crippen LogP contribution < -0.4 is 4.72 Å². The van der Waals surface area contributed by atoms with Gasteiger partial charge in [0.1, 0.15) is 5.52 Å². The zero-order valence-corrected chi connectivity index (χ0v) is 13.1. The number of oxazole rings is 1. The molecule has 3 aromatic rings. The molecule has 0 spiro atoms. The third-order valence-corrected chi connectivity index (χ3v) is 4.72. The second-order valence-corrected chi connectivity index (χ2v) is 6.94. The van der Waals surface area contributed by atoms with E-state index in [-0.39, 0.29) is 11.4 Å². The Balaban J connectivity index is 1.84. The molecular weight excluding hydrogens is 300 g/mol. The normalized spacial score (nSPS) is 11.9. The zero-order valence-electron chi connectivity index (χ0n) is 12.3. The Labute approximate surface area is 129 Å². The SMILES string of the molecule is Cc1cccc(CNS(=O)(=O)c2ccc3oc(C)nc3c2)c1. The Morgan fingerprint density at radius 3 is 2.73 bits per heavy atom. The van der Waals surface area contributed by atoms with Crippen LogP contribution in [0.2, 0.25) is 0 Å². The van der Waals surface area contributed by atoms with E-state index >= 15 is 0 Å². The van der Waals surface area contributed by atoms with Gasteiger partial charge in [0.25, 0.3) is 0 Å². The Morgan fingerprint density at radius 1 is 1.14 bits per heavy atom. The highest BCUT2D eigenvalue weighted by molar-refractivity contribution is 7.89. The van der Waals surface area contributed by atoms with Crippen LogP contribution in [0.4, 0.5) is 0 Å². The van der Waals surface area contributed by atoms with Crippen molar-refractivity contribution in [2.24, 2.45) is 0 Å². The van der Waals surface area contributed by atoms with Crippen molar-refractivity contribution in [2.75, 3.05) is 0 Å². The Kier molecular flexibility index (Phi) is 3.72. The van der Waals surface area contributed by atoms with Gasteiger partial charge in [-0.25, -0.2) is 18.1 Å². The van der Waals surface area contributed by atoms with E-state index in [0.717, 1.165) is 11.1 Å². The molecule has 0 fully saturated rings. The summed E-state index contributed by atoms with van der Waals surface area (Å²) in [7, 11) is -3.59. The molecule has 0 saturated carbocycles. The standard InChI is InChI=1S/C16H16N2O3S/c1-11-4-3-5-13(8-11)10-17-22(19,20)14-6-7-16-15(9-14)18-12(2)21-16/h3-9,17H,10H2,1-2H3. The van der Waals surface area contributed by atoms with Crippen molar-refractivity contribution >= 4 is 21.1 Å². The fourth-order valence-electron chi connectivity index (χ4n) is 2.27. The van der Waals surface area contributed by atoms with Crippen LogP contribution >= 0.6 is 0 Å². The van der Waals surface area contributed by atoms with Crippen molar-refractivity contribution < 1.29 is 12.8 Å². The van der Waals surface area contributed by atoms with E-state index in [0.29, 0.717) is 17.0 Å². The van der Waals surface area contributed by atoms with Gasteiger partial charge in [-0.3, -0.25) is 0 Å². The molecule has 5 nitrogen and oxygen atoms in total. The molecule has 3 rings (SSSR count). The van der Waals surface area contributed by atoms with Crippen molar-refractivity contribution in [1.29, 1.82) is 0 Å². The van der Waals surface area contributed by atoms with Crippen LogP contribution in [0.25, 0.3) is 11.1 Å². The number of aryl methyl sites for hydroxylation is 2. The summed E-state index contributed by atoms with van der Waals surface area (Å²) in [5.41, 5.74) is 3.13. The van der Waals surface area contributed by atoms with Gasteiger partial charge in [0.15, 0.2) is 11.5 Å². The molecule has 0 atom stereocenters. The molecule has 0 aliphatic heterocycles. The summed E-state index contributed by atoms with van der Waals surface area (Å²) in [6, 6.07) is 12.4. The molecule has 114 valence electrons. The van der Waals surface area contributed by atoms with E-state index in [1.165, 1.54) is 12.1 Å². The topological polar surface area (TPSA) is 72.2 Å². The van der Waals surface area contributed by atoms with Gasteiger partial charge in [0, 0.05) is 13.5 Å². The number of sulfonamides is 1. The molecule has 22 heavy (non-hydrogen) atoms. The largest absolute Gasteiger partial charge is 0.441 e. The molecule has 1 heterocycles. The van der Waals surface area contributed by atoms with Crippen molar-refractivity contribution in [3.8, 4) is 0 Å². The van der Waals surface area contributed by atoms with Gasteiger partial charge < -0.3 is 4.42 Å². The van der Waals surface area contributed by atoms with E-state index in [1.54, 1.807) is 13.0 Å². The van der Waals surface area contributed by atoms with Crippen molar-refractivity contribution in [2.45, 2.75) is 25.3 Å². The third-order valence-electron chi connectivity index (χ3n) is 3.33. The summed E-state index contributed by atoms with van der Waals surface area (Å²) >= 11 is 0. The van der Waals surface area contributed by atoms with Gasteiger partial charge in [0.2, 0.25) is 10.0 Å². The molecule has 0 saturated heterocycles. The van der Waals surface area contributed by atoms with Gasteiger partial charge in [-0.15, -0.1) is 0 Å². The molecule has 0 radical (unpaired) electrons. The molecule has 0 unspecified atom stereocenters. The first-order valence-corrected chi connectivity index (χ1v) is 8.35. The monoisotopic (exact) mass is 316 g/mol. The van der Waals surface area contributed by atoms with E-state index in [2.05, 4.69) is 9.71 Å². The Bertz CT molecular complexity index is 929. The van der Waals surface area contributed by atoms with Gasteiger partial charge in [-0.1, -0.05) is 29.8 Å². The maximum absolute atomic E-state index is 12.4. The lowest BCUT2D eigenvalue weighted by atomic mass is 10.1. The summed E-state index contributed by atoms with van der Waals surface area (Å²) in [5.74, 6) is 0.511. The number of aromatic nitrogens is 1. The molecule has 2 aromatic carbocycles. The van der Waals surface area contributed by atoms with Crippen LogP contribution in [0.3, 0.4) is 0 Å². The second kappa shape index (κ2) is 5.55. The third kappa shape index (κ3) is 3.03. The minimum absolute atomic E-state index is 0.181. The van der Waals surface area contributed by atoms with Crippen LogP contribution in [0, 0.1) is 13.8 Å². The fraction of sp³-hybridized carbons (Fsp3) is 0.188. The van der Waals surface area contributed by atoms with Crippen LogP contribution in [0.1, 0.15) is 17.0 Å². The molecule has 0 bridgehead atoms. The van der Waals surface area contributed by atoms with Crippen molar-refractivity contribution in [3.63, 3.8) is 0 Å². The van der Waals surface area contributed by atoms with E-state index in [1.807, 2.05) is 31.2 Å². The second-order valence-electron chi connectivity index (χ2n) is 5.18. The van der Waals surface area contributed by atoms with Crippen molar-refractivity contribution in [3.05, 3.63) is 59.5 Å². The molecule has 1 aromatic heterocycles. The van der Waals surface area contributed by atoms with E-state index in [9.17, 15) is 8.42 Å².